The van der Waals surface area contributed by atoms with Gasteiger partial charge in [0, 0.05) is 19.3 Å². The molecule has 63 heavy (non-hydrogen) atoms. The molecular weight excluding hydrogens is 781 g/mol. The van der Waals surface area contributed by atoms with Crippen molar-refractivity contribution in [3.63, 3.8) is 0 Å². The van der Waals surface area contributed by atoms with Gasteiger partial charge in [0.1, 0.15) is 13.2 Å². The van der Waals surface area contributed by atoms with Crippen LogP contribution in [0.4, 0.5) is 0 Å². The Hall–Kier alpha value is -3.41. The normalized spacial score (nSPS) is 12.7. The van der Waals surface area contributed by atoms with Gasteiger partial charge in [0.05, 0.1) is 0 Å². The van der Waals surface area contributed by atoms with Crippen LogP contribution in [0.5, 0.6) is 0 Å². The number of allylic oxidation sites excluding steroid dienone is 14. The van der Waals surface area contributed by atoms with E-state index in [1.54, 1.807) is 0 Å². The Morgan fingerprint density at radius 1 is 0.333 bits per heavy atom. The molecule has 360 valence electrons. The number of rotatable bonds is 46. The van der Waals surface area contributed by atoms with Gasteiger partial charge in [-0.05, 0) is 77.0 Å². The number of hydrogen-bond acceptors (Lipinski definition) is 6. The van der Waals surface area contributed by atoms with Crippen LogP contribution in [-0.2, 0) is 28.6 Å². The molecule has 0 radical (unpaired) electrons. The van der Waals surface area contributed by atoms with Crippen molar-refractivity contribution in [1.29, 1.82) is 0 Å². The van der Waals surface area contributed by atoms with Crippen LogP contribution in [0, 0.1) is 0 Å². The third kappa shape index (κ3) is 49.5. The second-order valence-corrected chi connectivity index (χ2v) is 17.1. The molecule has 0 aliphatic rings. The smallest absolute Gasteiger partial charge is 0.306 e. The molecule has 0 aromatic rings. The van der Waals surface area contributed by atoms with Gasteiger partial charge in [-0.1, -0.05) is 228 Å². The van der Waals surface area contributed by atoms with Crippen LogP contribution in [0.15, 0.2) is 85.1 Å². The van der Waals surface area contributed by atoms with Crippen LogP contribution in [-0.4, -0.2) is 37.2 Å². The van der Waals surface area contributed by atoms with E-state index < -0.39 is 6.10 Å². The summed E-state index contributed by atoms with van der Waals surface area (Å²) >= 11 is 0. The van der Waals surface area contributed by atoms with Crippen LogP contribution < -0.4 is 0 Å². The van der Waals surface area contributed by atoms with Gasteiger partial charge in [-0.2, -0.15) is 0 Å². The molecule has 1 unspecified atom stereocenters. The highest BCUT2D eigenvalue weighted by atomic mass is 16.6. The van der Waals surface area contributed by atoms with Crippen molar-refractivity contribution >= 4 is 17.9 Å². The van der Waals surface area contributed by atoms with Gasteiger partial charge < -0.3 is 14.2 Å². The lowest BCUT2D eigenvalue weighted by molar-refractivity contribution is -0.167. The van der Waals surface area contributed by atoms with Crippen molar-refractivity contribution in [2.45, 2.75) is 245 Å². The van der Waals surface area contributed by atoms with E-state index in [0.717, 1.165) is 109 Å². The fourth-order valence-corrected chi connectivity index (χ4v) is 7.01. The Balaban J connectivity index is 4.31. The molecule has 0 fully saturated rings. The number of ether oxygens (including phenoxy) is 3. The highest BCUT2D eigenvalue weighted by Gasteiger charge is 2.19. The zero-order chi connectivity index (χ0) is 45.8. The van der Waals surface area contributed by atoms with Crippen molar-refractivity contribution < 1.29 is 28.6 Å². The first-order valence-corrected chi connectivity index (χ1v) is 26.1. The topological polar surface area (TPSA) is 78.9 Å². The third-order valence-corrected chi connectivity index (χ3v) is 10.9. The maximum Gasteiger partial charge on any atom is 0.306 e. The van der Waals surface area contributed by atoms with Gasteiger partial charge in [0.15, 0.2) is 6.10 Å². The van der Waals surface area contributed by atoms with Crippen LogP contribution in [0.25, 0.3) is 0 Å². The predicted octanol–water partition coefficient (Wildman–Crippen LogP) is 17.2. The average Bonchev–Trinajstić information content (AvgIpc) is 3.28. The van der Waals surface area contributed by atoms with E-state index >= 15 is 0 Å². The predicted molar refractivity (Wildman–Crippen MR) is 270 cm³/mol. The molecule has 0 aliphatic heterocycles. The summed E-state index contributed by atoms with van der Waals surface area (Å²) in [5, 5.41) is 0. The number of carbonyl (C=O) groups is 3. The standard InChI is InChI=1S/C57H96O6/c1-4-7-10-13-16-19-21-22-23-24-25-26-27-28-29-30-31-32-33-34-36-38-41-44-47-50-56(59)62-53-54(52-61-55(58)49-46-43-40-37-18-15-12-9-6-3)63-57(60)51-48-45-42-39-35-20-17-14-11-8-5-2/h7,10,16,19,22-23,25-26,28-29,31-32,34,36,54H,4-6,8-9,11-15,17-18,20-21,24,27,30,33,35,37-53H2,1-3H3/b10-7-,19-16-,23-22-,26-25-,29-28-,32-31-,36-34-. The molecule has 0 amide bonds. The summed E-state index contributed by atoms with van der Waals surface area (Å²) < 4.78 is 16.7. The van der Waals surface area contributed by atoms with Gasteiger partial charge in [-0.25, -0.2) is 0 Å². The lowest BCUT2D eigenvalue weighted by atomic mass is 10.1. The van der Waals surface area contributed by atoms with Crippen molar-refractivity contribution in [3.8, 4) is 0 Å². The molecule has 0 bridgehead atoms. The van der Waals surface area contributed by atoms with Gasteiger partial charge in [-0.3, -0.25) is 14.4 Å². The molecule has 0 aliphatic carbocycles. The van der Waals surface area contributed by atoms with Gasteiger partial charge in [0.2, 0.25) is 0 Å². The fraction of sp³-hybridized carbons (Fsp3) is 0.702. The summed E-state index contributed by atoms with van der Waals surface area (Å²) in [6.45, 7) is 6.46. The monoisotopic (exact) mass is 877 g/mol. The van der Waals surface area contributed by atoms with E-state index in [-0.39, 0.29) is 31.1 Å². The molecule has 0 saturated heterocycles. The molecule has 0 aromatic carbocycles. The second kappa shape index (κ2) is 51.2. The second-order valence-electron chi connectivity index (χ2n) is 17.1. The summed E-state index contributed by atoms with van der Waals surface area (Å²) in [5.74, 6) is -0.923. The first kappa shape index (κ1) is 59.6. The number of carbonyl (C=O) groups excluding carboxylic acids is 3. The van der Waals surface area contributed by atoms with Gasteiger partial charge in [-0.15, -0.1) is 0 Å². The van der Waals surface area contributed by atoms with E-state index in [2.05, 4.69) is 106 Å². The summed E-state index contributed by atoms with van der Waals surface area (Å²) in [6, 6.07) is 0. The third-order valence-electron chi connectivity index (χ3n) is 10.9. The largest absolute Gasteiger partial charge is 0.462 e. The van der Waals surface area contributed by atoms with Crippen molar-refractivity contribution in [2.24, 2.45) is 0 Å². The van der Waals surface area contributed by atoms with E-state index in [1.165, 1.54) is 89.9 Å². The Kier molecular flexibility index (Phi) is 48.5. The van der Waals surface area contributed by atoms with E-state index in [4.69, 9.17) is 14.2 Å². The zero-order valence-corrected chi connectivity index (χ0v) is 41.1. The van der Waals surface area contributed by atoms with Crippen LogP contribution >= 0.6 is 0 Å². The van der Waals surface area contributed by atoms with Crippen molar-refractivity contribution in [3.05, 3.63) is 85.1 Å². The van der Waals surface area contributed by atoms with E-state index in [9.17, 15) is 14.4 Å². The molecule has 0 aromatic heterocycles. The highest BCUT2D eigenvalue weighted by molar-refractivity contribution is 5.71. The Labute approximate surface area is 388 Å². The molecule has 0 N–H and O–H groups in total. The summed E-state index contributed by atoms with van der Waals surface area (Å²) in [7, 11) is 0. The summed E-state index contributed by atoms with van der Waals surface area (Å²) in [5.41, 5.74) is 0. The van der Waals surface area contributed by atoms with Crippen LogP contribution in [0.2, 0.25) is 0 Å². The average molecular weight is 877 g/mol. The first-order valence-electron chi connectivity index (χ1n) is 26.1. The Bertz CT molecular complexity index is 1240. The minimum absolute atomic E-state index is 0.0849. The Morgan fingerprint density at radius 3 is 0.968 bits per heavy atom. The van der Waals surface area contributed by atoms with E-state index in [0.29, 0.717) is 19.3 Å². The molecule has 0 rings (SSSR count). The fourth-order valence-electron chi connectivity index (χ4n) is 7.01. The molecule has 6 heteroatoms. The van der Waals surface area contributed by atoms with Crippen molar-refractivity contribution in [1.82, 2.24) is 0 Å². The lowest BCUT2D eigenvalue weighted by Crippen LogP contribution is -2.30. The molecule has 0 saturated carbocycles. The molecule has 1 atom stereocenters. The maximum absolute atomic E-state index is 12.7. The zero-order valence-electron chi connectivity index (χ0n) is 41.1. The Morgan fingerprint density at radius 2 is 0.619 bits per heavy atom. The highest BCUT2D eigenvalue weighted by Crippen LogP contribution is 2.14. The number of esters is 3. The maximum atomic E-state index is 12.7. The van der Waals surface area contributed by atoms with Crippen LogP contribution in [0.1, 0.15) is 239 Å². The minimum Gasteiger partial charge on any atom is -0.462 e. The summed E-state index contributed by atoms with van der Waals surface area (Å²) in [4.78, 5) is 37.8. The SMILES string of the molecule is CC/C=C\C/C=C\C/C=C\C/C=C\C/C=C\C/C=C\C/C=C\CCCCCC(=O)OCC(COC(=O)CCCCCCCCCCC)OC(=O)CCCCCCCCCCCCC. The summed E-state index contributed by atoms with van der Waals surface area (Å²) in [6.07, 6.45) is 65.8. The van der Waals surface area contributed by atoms with Gasteiger partial charge >= 0.3 is 17.9 Å². The quantitative estimate of drug-likeness (QED) is 0.0262. The first-order chi connectivity index (χ1) is 31.0. The lowest BCUT2D eigenvalue weighted by Gasteiger charge is -2.18. The number of hydrogen-bond donors (Lipinski definition) is 0. The van der Waals surface area contributed by atoms with Gasteiger partial charge in [0.25, 0.3) is 0 Å². The van der Waals surface area contributed by atoms with Crippen LogP contribution in [0.3, 0.4) is 0 Å². The minimum atomic E-state index is -0.785. The molecular formula is C57H96O6. The number of unbranched alkanes of at least 4 members (excludes halogenated alkanes) is 21. The van der Waals surface area contributed by atoms with E-state index in [1.807, 2.05) is 0 Å². The molecule has 6 nitrogen and oxygen atoms in total. The molecule has 0 spiro atoms. The molecule has 0 heterocycles. The van der Waals surface area contributed by atoms with Crippen molar-refractivity contribution in [2.75, 3.05) is 13.2 Å².